The summed E-state index contributed by atoms with van der Waals surface area (Å²) in [6.45, 7) is 0.180. The SMILES string of the molecule is COc1ccc2c(c1)CC[C@H](C(=O)O)[C@@H]2NC(=O)OCC1c2ccccc2-c2ccccc21. The van der Waals surface area contributed by atoms with Crippen molar-refractivity contribution in [2.24, 2.45) is 5.92 Å². The number of benzene rings is 3. The molecule has 2 aliphatic carbocycles. The minimum atomic E-state index is -0.930. The number of rotatable bonds is 5. The fourth-order valence-corrected chi connectivity index (χ4v) is 5.13. The third-order valence-corrected chi connectivity index (χ3v) is 6.75. The molecule has 0 fully saturated rings. The third kappa shape index (κ3) is 3.82. The maximum atomic E-state index is 12.8. The van der Waals surface area contributed by atoms with Gasteiger partial charge in [0.1, 0.15) is 12.4 Å². The smallest absolute Gasteiger partial charge is 0.407 e. The van der Waals surface area contributed by atoms with E-state index in [1.807, 2.05) is 36.4 Å². The number of fused-ring (bicyclic) bond motifs is 4. The topological polar surface area (TPSA) is 84.9 Å². The summed E-state index contributed by atoms with van der Waals surface area (Å²) in [4.78, 5) is 24.7. The average Bonchev–Trinajstić information content (AvgIpc) is 3.16. The quantitative estimate of drug-likeness (QED) is 0.585. The molecule has 3 aromatic rings. The lowest BCUT2D eigenvalue weighted by Gasteiger charge is -2.31. The number of nitrogens with one attached hydrogen (secondary N) is 1. The van der Waals surface area contributed by atoms with E-state index in [4.69, 9.17) is 9.47 Å². The normalized spacial score (nSPS) is 18.6. The molecule has 0 saturated heterocycles. The van der Waals surface area contributed by atoms with Crippen molar-refractivity contribution in [3.8, 4) is 16.9 Å². The second-order valence-electron chi connectivity index (χ2n) is 8.50. The first kappa shape index (κ1) is 21.1. The summed E-state index contributed by atoms with van der Waals surface area (Å²) < 4.78 is 11.0. The van der Waals surface area contributed by atoms with E-state index in [1.54, 1.807) is 13.2 Å². The van der Waals surface area contributed by atoms with Crippen LogP contribution in [0.3, 0.4) is 0 Å². The van der Waals surface area contributed by atoms with Gasteiger partial charge in [-0.1, -0.05) is 54.6 Å². The molecular weight excluding hydrogens is 418 g/mol. The largest absolute Gasteiger partial charge is 0.497 e. The minimum absolute atomic E-state index is 0.0543. The van der Waals surface area contributed by atoms with Gasteiger partial charge in [0.25, 0.3) is 0 Å². The number of methoxy groups -OCH3 is 1. The van der Waals surface area contributed by atoms with E-state index in [0.29, 0.717) is 18.6 Å². The molecule has 6 heteroatoms. The van der Waals surface area contributed by atoms with E-state index < -0.39 is 24.0 Å². The summed E-state index contributed by atoms with van der Waals surface area (Å²) in [5.74, 6) is -0.990. The van der Waals surface area contributed by atoms with Gasteiger partial charge in [-0.2, -0.15) is 0 Å². The Kier molecular flexibility index (Phi) is 5.50. The van der Waals surface area contributed by atoms with Crippen LogP contribution >= 0.6 is 0 Å². The van der Waals surface area contributed by atoms with Crippen molar-refractivity contribution in [3.63, 3.8) is 0 Å². The summed E-state index contributed by atoms with van der Waals surface area (Å²) in [5, 5.41) is 12.6. The fourth-order valence-electron chi connectivity index (χ4n) is 5.13. The predicted octanol–water partition coefficient (Wildman–Crippen LogP) is 4.92. The van der Waals surface area contributed by atoms with Gasteiger partial charge in [0, 0.05) is 5.92 Å². The molecule has 33 heavy (non-hydrogen) atoms. The summed E-state index contributed by atoms with van der Waals surface area (Å²) in [7, 11) is 1.59. The minimum Gasteiger partial charge on any atom is -0.497 e. The van der Waals surface area contributed by atoms with Crippen molar-refractivity contribution in [2.45, 2.75) is 24.8 Å². The van der Waals surface area contributed by atoms with Crippen molar-refractivity contribution in [2.75, 3.05) is 13.7 Å². The monoisotopic (exact) mass is 443 g/mol. The molecule has 1 amide bonds. The number of carbonyl (C=O) groups is 2. The van der Waals surface area contributed by atoms with Crippen LogP contribution in [-0.4, -0.2) is 30.9 Å². The maximum absolute atomic E-state index is 12.8. The average molecular weight is 443 g/mol. The van der Waals surface area contributed by atoms with E-state index >= 15 is 0 Å². The Morgan fingerprint density at radius 1 is 0.970 bits per heavy atom. The van der Waals surface area contributed by atoms with Gasteiger partial charge in [0.2, 0.25) is 0 Å². The molecule has 2 N–H and O–H groups in total. The molecule has 6 nitrogen and oxygen atoms in total. The van der Waals surface area contributed by atoms with Gasteiger partial charge in [-0.15, -0.1) is 0 Å². The summed E-state index contributed by atoms with van der Waals surface area (Å²) in [6.07, 6.45) is 0.438. The summed E-state index contributed by atoms with van der Waals surface area (Å²) in [5.41, 5.74) is 6.35. The summed E-state index contributed by atoms with van der Waals surface area (Å²) >= 11 is 0. The lowest BCUT2D eigenvalue weighted by Crippen LogP contribution is -2.40. The zero-order valence-corrected chi connectivity index (χ0v) is 18.3. The van der Waals surface area contributed by atoms with Crippen LogP contribution in [0, 0.1) is 5.92 Å². The lowest BCUT2D eigenvalue weighted by molar-refractivity contribution is -0.143. The van der Waals surface area contributed by atoms with Crippen LogP contribution < -0.4 is 10.1 Å². The molecule has 3 aromatic carbocycles. The van der Waals surface area contributed by atoms with Crippen LogP contribution in [0.5, 0.6) is 5.75 Å². The Morgan fingerprint density at radius 2 is 1.64 bits per heavy atom. The number of hydrogen-bond donors (Lipinski definition) is 2. The highest BCUT2D eigenvalue weighted by Crippen LogP contribution is 2.44. The highest BCUT2D eigenvalue weighted by atomic mass is 16.5. The second kappa shape index (κ2) is 8.62. The first-order valence-corrected chi connectivity index (χ1v) is 11.1. The summed E-state index contributed by atoms with van der Waals surface area (Å²) in [6, 6.07) is 21.1. The third-order valence-electron chi connectivity index (χ3n) is 6.75. The van der Waals surface area contributed by atoms with Crippen molar-refractivity contribution >= 4 is 12.1 Å². The Morgan fingerprint density at radius 3 is 2.27 bits per heavy atom. The number of amides is 1. The highest BCUT2D eigenvalue weighted by Gasteiger charge is 2.36. The highest BCUT2D eigenvalue weighted by molar-refractivity contribution is 5.79. The molecule has 0 radical (unpaired) electrons. The zero-order chi connectivity index (χ0) is 22.9. The Balaban J connectivity index is 1.34. The predicted molar refractivity (Wildman–Crippen MR) is 123 cm³/mol. The van der Waals surface area contributed by atoms with Crippen molar-refractivity contribution < 1.29 is 24.2 Å². The number of aryl methyl sites for hydroxylation is 1. The zero-order valence-electron chi connectivity index (χ0n) is 18.3. The van der Waals surface area contributed by atoms with Crippen LogP contribution in [0.2, 0.25) is 0 Å². The first-order valence-electron chi connectivity index (χ1n) is 11.1. The van der Waals surface area contributed by atoms with Crippen LogP contribution in [0.25, 0.3) is 11.1 Å². The van der Waals surface area contributed by atoms with Gasteiger partial charge in [-0.05, 0) is 58.4 Å². The molecule has 0 unspecified atom stereocenters. The van der Waals surface area contributed by atoms with Crippen LogP contribution in [0.15, 0.2) is 66.7 Å². The fraction of sp³-hybridized carbons (Fsp3) is 0.259. The molecule has 0 heterocycles. The van der Waals surface area contributed by atoms with E-state index in [1.165, 1.54) is 0 Å². The number of ether oxygens (including phenoxy) is 2. The van der Waals surface area contributed by atoms with Crippen LogP contribution in [0.4, 0.5) is 4.79 Å². The van der Waals surface area contributed by atoms with E-state index in [0.717, 1.165) is 33.4 Å². The maximum Gasteiger partial charge on any atom is 0.407 e. The van der Waals surface area contributed by atoms with Crippen molar-refractivity contribution in [1.82, 2.24) is 5.32 Å². The molecule has 0 spiro atoms. The van der Waals surface area contributed by atoms with Gasteiger partial charge >= 0.3 is 12.1 Å². The number of hydrogen-bond acceptors (Lipinski definition) is 4. The van der Waals surface area contributed by atoms with Crippen LogP contribution in [-0.2, 0) is 16.0 Å². The number of alkyl carbamates (subject to hydrolysis) is 1. The van der Waals surface area contributed by atoms with E-state index in [2.05, 4.69) is 29.6 Å². The molecule has 0 saturated carbocycles. The van der Waals surface area contributed by atoms with Gasteiger partial charge < -0.3 is 19.9 Å². The van der Waals surface area contributed by atoms with Crippen molar-refractivity contribution in [1.29, 1.82) is 0 Å². The molecule has 2 atom stereocenters. The Bertz CT molecular complexity index is 1180. The molecule has 0 aliphatic heterocycles. The number of carbonyl (C=O) groups excluding carboxylic acids is 1. The second-order valence-corrected chi connectivity index (χ2v) is 8.50. The van der Waals surface area contributed by atoms with Crippen LogP contribution in [0.1, 0.15) is 40.6 Å². The molecule has 2 aliphatic rings. The molecule has 0 bridgehead atoms. The molecule has 5 rings (SSSR count). The number of carboxylic acids is 1. The molecule has 0 aromatic heterocycles. The number of carboxylic acid groups (broad SMARTS) is 1. The first-order chi connectivity index (χ1) is 16.1. The standard InChI is InChI=1S/C27H25NO5/c1-32-17-11-13-18-16(14-17)10-12-23(26(29)30)25(18)28-27(31)33-15-24-21-8-4-2-6-19(21)20-7-3-5-9-22(20)24/h2-9,11,13-14,23-25H,10,12,15H2,1H3,(H,28,31)(H,29,30)/t23-,25+/m0/s1. The Hall–Kier alpha value is -3.80. The van der Waals surface area contributed by atoms with E-state index in [-0.39, 0.29) is 12.5 Å². The van der Waals surface area contributed by atoms with Gasteiger partial charge in [0.15, 0.2) is 0 Å². The van der Waals surface area contributed by atoms with E-state index in [9.17, 15) is 14.7 Å². The number of aliphatic carboxylic acids is 1. The molecular formula is C27H25NO5. The van der Waals surface area contributed by atoms with Gasteiger partial charge in [-0.25, -0.2) is 4.79 Å². The van der Waals surface area contributed by atoms with Gasteiger partial charge in [-0.3, -0.25) is 4.79 Å². The van der Waals surface area contributed by atoms with Gasteiger partial charge in [0.05, 0.1) is 19.1 Å². The lowest BCUT2D eigenvalue weighted by atomic mass is 9.79. The van der Waals surface area contributed by atoms with Crippen molar-refractivity contribution in [3.05, 3.63) is 89.0 Å². The molecule has 168 valence electrons. The Labute approximate surface area is 192 Å².